The molecule has 2 N–H and O–H groups in total. The van der Waals surface area contributed by atoms with Gasteiger partial charge in [0, 0.05) is 5.69 Å². The Morgan fingerprint density at radius 1 is 1.31 bits per heavy atom. The molecule has 0 saturated heterocycles. The molecule has 1 aliphatic carbocycles. The van der Waals surface area contributed by atoms with E-state index in [0.29, 0.717) is 0 Å². The first kappa shape index (κ1) is 8.36. The van der Waals surface area contributed by atoms with Crippen LogP contribution in [0.25, 0.3) is 5.57 Å². The zero-order valence-corrected chi connectivity index (χ0v) is 8.01. The van der Waals surface area contributed by atoms with Gasteiger partial charge in [0.25, 0.3) is 0 Å². The van der Waals surface area contributed by atoms with Crippen LogP contribution in [0.1, 0.15) is 30.4 Å². The summed E-state index contributed by atoms with van der Waals surface area (Å²) in [6.07, 6.45) is 6.07. The van der Waals surface area contributed by atoms with E-state index in [4.69, 9.17) is 5.73 Å². The smallest absolute Gasteiger partial charge is 0.0349 e. The average Bonchev–Trinajstić information content (AvgIpc) is 2.62. The van der Waals surface area contributed by atoms with E-state index in [9.17, 15) is 0 Å². The molecule has 1 heteroatoms. The molecule has 2 rings (SSSR count). The molecule has 0 unspecified atom stereocenters. The Bertz CT molecular complexity index is 350. The standard InChI is InChI=1S/C12H15N/c1-9-11(7-4-8-12(9)13)10-5-2-3-6-10/h4-5,7-8H,2-3,6,13H2,1H3. The molecule has 0 heterocycles. The van der Waals surface area contributed by atoms with Crippen molar-refractivity contribution in [3.8, 4) is 0 Å². The van der Waals surface area contributed by atoms with Crippen molar-refractivity contribution in [1.29, 1.82) is 0 Å². The lowest BCUT2D eigenvalue weighted by Crippen LogP contribution is -1.93. The van der Waals surface area contributed by atoms with Gasteiger partial charge in [-0.25, -0.2) is 0 Å². The van der Waals surface area contributed by atoms with Gasteiger partial charge in [-0.05, 0) is 49.0 Å². The van der Waals surface area contributed by atoms with Gasteiger partial charge in [-0.1, -0.05) is 18.2 Å². The number of rotatable bonds is 1. The highest BCUT2D eigenvalue weighted by Gasteiger charge is 2.09. The lowest BCUT2D eigenvalue weighted by molar-refractivity contribution is 0.935. The molecule has 0 fully saturated rings. The Morgan fingerprint density at radius 2 is 2.15 bits per heavy atom. The van der Waals surface area contributed by atoms with E-state index >= 15 is 0 Å². The summed E-state index contributed by atoms with van der Waals surface area (Å²) in [4.78, 5) is 0. The molecule has 0 saturated carbocycles. The second-order valence-electron chi connectivity index (χ2n) is 3.64. The summed E-state index contributed by atoms with van der Waals surface area (Å²) < 4.78 is 0. The van der Waals surface area contributed by atoms with Crippen molar-refractivity contribution in [2.75, 3.05) is 5.73 Å². The summed E-state index contributed by atoms with van der Waals surface area (Å²) in [7, 11) is 0. The minimum absolute atomic E-state index is 0.908. The minimum atomic E-state index is 0.908. The highest BCUT2D eigenvalue weighted by atomic mass is 14.6. The summed E-state index contributed by atoms with van der Waals surface area (Å²) in [5, 5.41) is 0. The maximum absolute atomic E-state index is 5.86. The second-order valence-corrected chi connectivity index (χ2v) is 3.64. The maximum atomic E-state index is 5.86. The monoisotopic (exact) mass is 173 g/mol. The van der Waals surface area contributed by atoms with E-state index < -0.39 is 0 Å². The van der Waals surface area contributed by atoms with Gasteiger partial charge < -0.3 is 5.73 Å². The van der Waals surface area contributed by atoms with Crippen LogP contribution in [0.3, 0.4) is 0 Å². The predicted molar refractivity (Wildman–Crippen MR) is 57.4 cm³/mol. The first-order valence-corrected chi connectivity index (χ1v) is 4.83. The number of benzene rings is 1. The van der Waals surface area contributed by atoms with Crippen LogP contribution in [0.15, 0.2) is 24.3 Å². The molecule has 0 atom stereocenters. The number of hydrogen-bond donors (Lipinski definition) is 1. The molecule has 0 spiro atoms. The number of hydrogen-bond acceptors (Lipinski definition) is 1. The highest BCUT2D eigenvalue weighted by molar-refractivity contribution is 5.73. The van der Waals surface area contributed by atoms with Crippen LogP contribution >= 0.6 is 0 Å². The minimum Gasteiger partial charge on any atom is -0.398 e. The fourth-order valence-electron chi connectivity index (χ4n) is 1.92. The highest BCUT2D eigenvalue weighted by Crippen LogP contribution is 2.31. The summed E-state index contributed by atoms with van der Waals surface area (Å²) >= 11 is 0. The predicted octanol–water partition coefficient (Wildman–Crippen LogP) is 3.14. The number of nitrogens with two attached hydrogens (primary N) is 1. The van der Waals surface area contributed by atoms with Crippen molar-refractivity contribution in [1.82, 2.24) is 0 Å². The van der Waals surface area contributed by atoms with Crippen molar-refractivity contribution >= 4 is 11.3 Å². The van der Waals surface area contributed by atoms with Crippen LogP contribution in [0.4, 0.5) is 5.69 Å². The number of anilines is 1. The van der Waals surface area contributed by atoms with E-state index in [1.54, 1.807) is 0 Å². The maximum Gasteiger partial charge on any atom is 0.0349 e. The number of nitrogen functional groups attached to an aromatic ring is 1. The van der Waals surface area contributed by atoms with E-state index in [1.165, 1.54) is 36.0 Å². The van der Waals surface area contributed by atoms with Crippen LogP contribution in [0.2, 0.25) is 0 Å². The molecule has 0 aromatic heterocycles. The van der Waals surface area contributed by atoms with Gasteiger partial charge in [0.15, 0.2) is 0 Å². The van der Waals surface area contributed by atoms with Crippen molar-refractivity contribution in [3.05, 3.63) is 35.4 Å². The van der Waals surface area contributed by atoms with Gasteiger partial charge in [0.05, 0.1) is 0 Å². The molecule has 0 aliphatic heterocycles. The Morgan fingerprint density at radius 3 is 2.85 bits per heavy atom. The first-order chi connectivity index (χ1) is 6.29. The Labute approximate surface area is 79.3 Å². The zero-order valence-electron chi connectivity index (χ0n) is 8.01. The average molecular weight is 173 g/mol. The first-order valence-electron chi connectivity index (χ1n) is 4.83. The van der Waals surface area contributed by atoms with Gasteiger partial charge in [-0.3, -0.25) is 0 Å². The van der Waals surface area contributed by atoms with Gasteiger partial charge in [0.2, 0.25) is 0 Å². The lowest BCUT2D eigenvalue weighted by Gasteiger charge is -2.08. The van der Waals surface area contributed by atoms with E-state index in [2.05, 4.69) is 19.1 Å². The molecule has 1 nitrogen and oxygen atoms in total. The molecular formula is C12H15N. The molecule has 0 radical (unpaired) electrons. The normalized spacial score (nSPS) is 15.9. The van der Waals surface area contributed by atoms with E-state index in [-0.39, 0.29) is 0 Å². The summed E-state index contributed by atoms with van der Waals surface area (Å²) in [6.45, 7) is 2.10. The second kappa shape index (κ2) is 3.25. The Balaban J connectivity index is 2.45. The lowest BCUT2D eigenvalue weighted by atomic mass is 9.99. The Hall–Kier alpha value is -1.24. The largest absolute Gasteiger partial charge is 0.398 e. The van der Waals surface area contributed by atoms with Gasteiger partial charge >= 0.3 is 0 Å². The molecule has 1 aliphatic rings. The third-order valence-electron chi connectivity index (χ3n) is 2.76. The fourth-order valence-corrected chi connectivity index (χ4v) is 1.92. The SMILES string of the molecule is Cc1c(N)cccc1C1=CCCC1. The van der Waals surface area contributed by atoms with Crippen LogP contribution in [-0.2, 0) is 0 Å². The Kier molecular flexibility index (Phi) is 2.09. The molecule has 13 heavy (non-hydrogen) atoms. The van der Waals surface area contributed by atoms with Crippen molar-refractivity contribution in [2.45, 2.75) is 26.2 Å². The van der Waals surface area contributed by atoms with Crippen LogP contribution < -0.4 is 5.73 Å². The molecule has 1 aromatic carbocycles. The third kappa shape index (κ3) is 1.46. The molecular weight excluding hydrogens is 158 g/mol. The van der Waals surface area contributed by atoms with E-state index in [0.717, 1.165) is 5.69 Å². The van der Waals surface area contributed by atoms with Gasteiger partial charge in [-0.2, -0.15) is 0 Å². The van der Waals surface area contributed by atoms with Crippen LogP contribution in [-0.4, -0.2) is 0 Å². The van der Waals surface area contributed by atoms with Crippen LogP contribution in [0, 0.1) is 6.92 Å². The van der Waals surface area contributed by atoms with E-state index in [1.807, 2.05) is 12.1 Å². The quantitative estimate of drug-likeness (QED) is 0.649. The topological polar surface area (TPSA) is 26.0 Å². The molecule has 0 amide bonds. The zero-order chi connectivity index (χ0) is 9.26. The summed E-state index contributed by atoms with van der Waals surface area (Å²) in [5.41, 5.74) is 10.8. The molecule has 0 bridgehead atoms. The van der Waals surface area contributed by atoms with Gasteiger partial charge in [0.1, 0.15) is 0 Å². The van der Waals surface area contributed by atoms with Crippen molar-refractivity contribution in [3.63, 3.8) is 0 Å². The van der Waals surface area contributed by atoms with Crippen molar-refractivity contribution in [2.24, 2.45) is 0 Å². The molecule has 68 valence electrons. The van der Waals surface area contributed by atoms with Gasteiger partial charge in [-0.15, -0.1) is 0 Å². The van der Waals surface area contributed by atoms with Crippen molar-refractivity contribution < 1.29 is 0 Å². The molecule has 1 aromatic rings. The summed E-state index contributed by atoms with van der Waals surface area (Å²) in [6, 6.07) is 6.17. The fraction of sp³-hybridized carbons (Fsp3) is 0.333. The van der Waals surface area contributed by atoms with Crippen LogP contribution in [0.5, 0.6) is 0 Å². The number of allylic oxidation sites excluding steroid dienone is 2. The third-order valence-corrected chi connectivity index (χ3v) is 2.76. The summed E-state index contributed by atoms with van der Waals surface area (Å²) in [5.74, 6) is 0.